The van der Waals surface area contributed by atoms with Crippen LogP contribution in [0.25, 0.3) is 0 Å². The van der Waals surface area contributed by atoms with Crippen molar-refractivity contribution >= 4 is 17.3 Å². The summed E-state index contributed by atoms with van der Waals surface area (Å²) in [7, 11) is 0. The molecule has 2 aromatic rings. The molecule has 0 spiro atoms. The van der Waals surface area contributed by atoms with Crippen molar-refractivity contribution in [3.8, 4) is 5.75 Å². The minimum Gasteiger partial charge on any atom is -0.492 e. The predicted octanol–water partition coefficient (Wildman–Crippen LogP) is 2.60. The molecule has 1 amide bonds. The molecule has 0 aliphatic carbocycles. The maximum atomic E-state index is 13.1. The third-order valence-corrected chi connectivity index (χ3v) is 3.51. The summed E-state index contributed by atoms with van der Waals surface area (Å²) in [6.07, 6.45) is 0.624. The van der Waals surface area contributed by atoms with Gasteiger partial charge >= 0.3 is 0 Å². The van der Waals surface area contributed by atoms with Crippen LogP contribution < -0.4 is 15.8 Å². The summed E-state index contributed by atoms with van der Waals surface area (Å²) < 4.78 is 18.7. The fourth-order valence-corrected chi connectivity index (χ4v) is 2.36. The molecule has 0 fully saturated rings. The Morgan fingerprint density at radius 3 is 2.90 bits per heavy atom. The van der Waals surface area contributed by atoms with E-state index in [1.807, 2.05) is 24.3 Å². The van der Waals surface area contributed by atoms with Crippen molar-refractivity contribution in [2.75, 3.05) is 17.7 Å². The second-order valence-corrected chi connectivity index (χ2v) is 5.05. The molecule has 0 aromatic heterocycles. The zero-order chi connectivity index (χ0) is 14.8. The number of hydrogen-bond acceptors (Lipinski definition) is 3. The summed E-state index contributed by atoms with van der Waals surface area (Å²) in [6.45, 7) is 0.333. The first kappa shape index (κ1) is 13.4. The number of nitrogen functional groups attached to an aromatic ring is 1. The molecule has 2 aromatic carbocycles. The summed E-state index contributed by atoms with van der Waals surface area (Å²) in [5.74, 6) is -0.0998. The van der Waals surface area contributed by atoms with E-state index in [0.29, 0.717) is 18.7 Å². The second kappa shape index (κ2) is 5.44. The average molecular weight is 286 g/mol. The lowest BCUT2D eigenvalue weighted by molar-refractivity contribution is -0.121. The van der Waals surface area contributed by atoms with E-state index in [4.69, 9.17) is 10.5 Å². The highest BCUT2D eigenvalue weighted by atomic mass is 19.1. The number of anilines is 2. The maximum Gasteiger partial charge on any atom is 0.231 e. The molecule has 0 saturated carbocycles. The smallest absolute Gasteiger partial charge is 0.231 e. The topological polar surface area (TPSA) is 64.3 Å². The van der Waals surface area contributed by atoms with Crippen molar-refractivity contribution in [1.29, 1.82) is 0 Å². The van der Waals surface area contributed by atoms with Gasteiger partial charge in [-0.15, -0.1) is 0 Å². The zero-order valence-electron chi connectivity index (χ0n) is 11.3. The van der Waals surface area contributed by atoms with E-state index in [1.165, 1.54) is 18.2 Å². The molecular weight excluding hydrogens is 271 g/mol. The van der Waals surface area contributed by atoms with Crippen LogP contribution in [0.2, 0.25) is 0 Å². The highest BCUT2D eigenvalue weighted by Gasteiger charge is 2.25. The molecule has 1 unspecified atom stereocenters. The van der Waals surface area contributed by atoms with Gasteiger partial charge in [0.2, 0.25) is 5.91 Å². The van der Waals surface area contributed by atoms with Gasteiger partial charge in [-0.3, -0.25) is 4.79 Å². The maximum absolute atomic E-state index is 13.1. The Morgan fingerprint density at radius 1 is 1.29 bits per heavy atom. The van der Waals surface area contributed by atoms with Gasteiger partial charge in [0, 0.05) is 5.69 Å². The molecule has 1 aliphatic heterocycles. The number of halogens is 1. The van der Waals surface area contributed by atoms with Gasteiger partial charge in [0.1, 0.15) is 18.2 Å². The molecule has 4 nitrogen and oxygen atoms in total. The third kappa shape index (κ3) is 2.81. The van der Waals surface area contributed by atoms with Crippen LogP contribution in [0.3, 0.4) is 0 Å². The quantitative estimate of drug-likeness (QED) is 0.834. The molecule has 3 N–H and O–H groups in total. The van der Waals surface area contributed by atoms with Gasteiger partial charge in [-0.1, -0.05) is 18.2 Å². The molecule has 1 aliphatic rings. The monoisotopic (exact) mass is 286 g/mol. The summed E-state index contributed by atoms with van der Waals surface area (Å²) in [5.41, 5.74) is 7.00. The number of benzene rings is 2. The van der Waals surface area contributed by atoms with Crippen LogP contribution in [-0.2, 0) is 11.2 Å². The molecule has 0 bridgehead atoms. The fraction of sp³-hybridized carbons (Fsp3) is 0.188. The van der Waals surface area contributed by atoms with Crippen LogP contribution in [0.1, 0.15) is 5.56 Å². The Balaban J connectivity index is 1.70. The van der Waals surface area contributed by atoms with Crippen LogP contribution in [-0.4, -0.2) is 12.5 Å². The summed E-state index contributed by atoms with van der Waals surface area (Å²) in [5, 5.41) is 2.74. The molecule has 21 heavy (non-hydrogen) atoms. The molecular formula is C16H15FN2O2. The van der Waals surface area contributed by atoms with Gasteiger partial charge in [-0.05, 0) is 36.2 Å². The third-order valence-electron chi connectivity index (χ3n) is 3.51. The lowest BCUT2D eigenvalue weighted by Crippen LogP contribution is -2.32. The number of hydrogen-bond donors (Lipinski definition) is 2. The van der Waals surface area contributed by atoms with Crippen molar-refractivity contribution in [2.45, 2.75) is 6.42 Å². The van der Waals surface area contributed by atoms with Crippen LogP contribution in [0, 0.1) is 11.7 Å². The van der Waals surface area contributed by atoms with Gasteiger partial charge in [-0.2, -0.15) is 0 Å². The lowest BCUT2D eigenvalue weighted by Gasteiger charge is -2.24. The number of ether oxygens (including phenoxy) is 1. The number of fused-ring (bicyclic) bond motifs is 1. The molecule has 0 radical (unpaired) electrons. The number of para-hydroxylation sites is 1. The first-order chi connectivity index (χ1) is 10.1. The Bertz CT molecular complexity index is 688. The van der Waals surface area contributed by atoms with Crippen molar-refractivity contribution in [1.82, 2.24) is 0 Å². The number of carbonyl (C=O) groups is 1. The Morgan fingerprint density at radius 2 is 2.10 bits per heavy atom. The molecule has 5 heteroatoms. The standard InChI is InChI=1S/C16H15FN2O2/c17-13-6-5-12(8-14(13)18)19-16(20)11-7-10-3-1-2-4-15(10)21-9-11/h1-6,8,11H,7,9,18H2,(H,19,20). The first-order valence-electron chi connectivity index (χ1n) is 6.70. The minimum absolute atomic E-state index is 0.0121. The fourth-order valence-electron chi connectivity index (χ4n) is 2.36. The van der Waals surface area contributed by atoms with Crippen molar-refractivity contribution in [2.24, 2.45) is 5.92 Å². The molecule has 1 heterocycles. The summed E-state index contributed by atoms with van der Waals surface area (Å²) in [4.78, 5) is 12.2. The van der Waals surface area contributed by atoms with Crippen molar-refractivity contribution in [3.05, 3.63) is 53.8 Å². The average Bonchev–Trinajstić information content (AvgIpc) is 2.50. The molecule has 3 rings (SSSR count). The first-order valence-corrected chi connectivity index (χ1v) is 6.70. The zero-order valence-corrected chi connectivity index (χ0v) is 11.3. The van der Waals surface area contributed by atoms with E-state index >= 15 is 0 Å². The van der Waals surface area contributed by atoms with E-state index in [0.717, 1.165) is 11.3 Å². The number of carbonyl (C=O) groups excluding carboxylic acids is 1. The number of nitrogens with one attached hydrogen (secondary N) is 1. The van der Waals surface area contributed by atoms with Crippen LogP contribution in [0.5, 0.6) is 5.75 Å². The highest BCUT2D eigenvalue weighted by Crippen LogP contribution is 2.27. The summed E-state index contributed by atoms with van der Waals surface area (Å²) in [6, 6.07) is 11.8. The van der Waals surface area contributed by atoms with Gasteiger partial charge < -0.3 is 15.8 Å². The summed E-state index contributed by atoms with van der Waals surface area (Å²) >= 11 is 0. The van der Waals surface area contributed by atoms with E-state index in [2.05, 4.69) is 5.32 Å². The Hall–Kier alpha value is -2.56. The van der Waals surface area contributed by atoms with Gasteiger partial charge in [0.15, 0.2) is 0 Å². The van der Waals surface area contributed by atoms with E-state index < -0.39 is 5.82 Å². The van der Waals surface area contributed by atoms with Crippen molar-refractivity contribution < 1.29 is 13.9 Å². The SMILES string of the molecule is Nc1cc(NC(=O)C2COc3ccccc3C2)ccc1F. The molecule has 1 atom stereocenters. The number of nitrogens with two attached hydrogens (primary N) is 1. The van der Waals surface area contributed by atoms with E-state index in [-0.39, 0.29) is 17.5 Å². The van der Waals surface area contributed by atoms with Gasteiger partial charge in [-0.25, -0.2) is 4.39 Å². The van der Waals surface area contributed by atoms with Gasteiger partial charge in [0.05, 0.1) is 11.6 Å². The Labute approximate surface area is 121 Å². The number of rotatable bonds is 2. The van der Waals surface area contributed by atoms with Gasteiger partial charge in [0.25, 0.3) is 0 Å². The van der Waals surface area contributed by atoms with E-state index in [9.17, 15) is 9.18 Å². The minimum atomic E-state index is -0.497. The van der Waals surface area contributed by atoms with Crippen LogP contribution >= 0.6 is 0 Å². The largest absolute Gasteiger partial charge is 0.492 e. The molecule has 108 valence electrons. The predicted molar refractivity (Wildman–Crippen MR) is 78.6 cm³/mol. The normalized spacial score (nSPS) is 16.7. The van der Waals surface area contributed by atoms with Crippen LogP contribution in [0.15, 0.2) is 42.5 Å². The lowest BCUT2D eigenvalue weighted by atomic mass is 9.96. The van der Waals surface area contributed by atoms with Crippen LogP contribution in [0.4, 0.5) is 15.8 Å². The molecule has 0 saturated heterocycles. The highest BCUT2D eigenvalue weighted by molar-refractivity contribution is 5.93. The Kier molecular flexibility index (Phi) is 3.48. The van der Waals surface area contributed by atoms with E-state index in [1.54, 1.807) is 0 Å². The second-order valence-electron chi connectivity index (χ2n) is 5.05. The number of amides is 1. The van der Waals surface area contributed by atoms with Crippen molar-refractivity contribution in [3.63, 3.8) is 0 Å².